The smallest absolute Gasteiger partial charge is 0.314 e. The molecule has 11 nitrogen and oxygen atoms in total. The van der Waals surface area contributed by atoms with Crippen molar-refractivity contribution in [3.8, 4) is 11.5 Å². The van der Waals surface area contributed by atoms with Gasteiger partial charge in [-0.3, -0.25) is 9.71 Å². The van der Waals surface area contributed by atoms with Crippen LogP contribution in [0.2, 0.25) is 0 Å². The molecule has 4 rings (SSSR count). The Bertz CT molecular complexity index is 1470. The zero-order valence-corrected chi connectivity index (χ0v) is 20.4. The fourth-order valence-corrected chi connectivity index (χ4v) is 5.75. The third-order valence-electron chi connectivity index (χ3n) is 5.32. The summed E-state index contributed by atoms with van der Waals surface area (Å²) in [7, 11) is -8.02. The van der Waals surface area contributed by atoms with Crippen LogP contribution in [0.3, 0.4) is 0 Å². The lowest BCUT2D eigenvalue weighted by Crippen LogP contribution is -2.48. The molecule has 1 saturated heterocycles. The summed E-state index contributed by atoms with van der Waals surface area (Å²) in [5.41, 5.74) is -0.220. The number of nitrogens with one attached hydrogen (secondary N) is 2. The number of sulfone groups is 1. The lowest BCUT2D eigenvalue weighted by atomic mass is 10.0. The molecule has 0 spiro atoms. The maximum atomic E-state index is 14.9. The molecule has 3 aromatic rings. The molecule has 1 aromatic carbocycles. The van der Waals surface area contributed by atoms with E-state index < -0.39 is 38.2 Å². The van der Waals surface area contributed by atoms with Crippen LogP contribution < -0.4 is 10.0 Å². The maximum absolute atomic E-state index is 14.9. The van der Waals surface area contributed by atoms with Crippen LogP contribution >= 0.6 is 0 Å². The molecule has 0 saturated carbocycles. The number of alkyl halides is 2. The van der Waals surface area contributed by atoms with E-state index in [4.69, 9.17) is 4.42 Å². The first kappa shape index (κ1) is 26.0. The van der Waals surface area contributed by atoms with E-state index >= 15 is 0 Å². The SMILES string of the molecule is CS(=O)(=O)c1ccnc(Cc2ccc(-c3nnc(C(F)F)o3)cc2F)c1NS(=O)(=O)N1CCNCC1. The van der Waals surface area contributed by atoms with Gasteiger partial charge in [0.15, 0.2) is 9.84 Å². The van der Waals surface area contributed by atoms with E-state index in [1.807, 2.05) is 0 Å². The molecule has 16 heteroatoms. The van der Waals surface area contributed by atoms with Crippen molar-refractivity contribution in [2.24, 2.45) is 0 Å². The monoisotopic (exact) mass is 546 g/mol. The van der Waals surface area contributed by atoms with Gasteiger partial charge in [0.05, 0.1) is 16.3 Å². The Morgan fingerprint density at radius 1 is 1.14 bits per heavy atom. The number of rotatable bonds is 8. The molecular formula is C20H21F3N6O5S2. The van der Waals surface area contributed by atoms with Gasteiger partial charge in [-0.2, -0.15) is 21.5 Å². The number of hydrogen-bond donors (Lipinski definition) is 2. The van der Waals surface area contributed by atoms with Crippen LogP contribution in [0.15, 0.2) is 39.8 Å². The lowest BCUT2D eigenvalue weighted by Gasteiger charge is -2.27. The first-order chi connectivity index (χ1) is 17.0. The number of piperazine rings is 1. The van der Waals surface area contributed by atoms with E-state index in [-0.39, 0.29) is 52.8 Å². The van der Waals surface area contributed by atoms with Gasteiger partial charge >= 0.3 is 16.6 Å². The average molecular weight is 547 g/mol. The van der Waals surface area contributed by atoms with Gasteiger partial charge in [-0.1, -0.05) is 6.07 Å². The van der Waals surface area contributed by atoms with Crippen molar-refractivity contribution >= 4 is 25.7 Å². The number of halogens is 3. The second kappa shape index (κ2) is 10.1. The molecule has 0 amide bonds. The van der Waals surface area contributed by atoms with Crippen LogP contribution in [0, 0.1) is 5.82 Å². The summed E-state index contributed by atoms with van der Waals surface area (Å²) in [5.74, 6) is -2.01. The summed E-state index contributed by atoms with van der Waals surface area (Å²) in [6, 6.07) is 4.81. The fraction of sp³-hybridized carbons (Fsp3) is 0.350. The highest BCUT2D eigenvalue weighted by atomic mass is 32.2. The van der Waals surface area contributed by atoms with Crippen molar-refractivity contribution in [2.45, 2.75) is 17.7 Å². The largest absolute Gasteiger partial charge is 0.415 e. The van der Waals surface area contributed by atoms with E-state index in [1.54, 1.807) is 0 Å². The Kier molecular flexibility index (Phi) is 7.31. The van der Waals surface area contributed by atoms with Crippen molar-refractivity contribution in [3.63, 3.8) is 0 Å². The van der Waals surface area contributed by atoms with E-state index in [1.165, 1.54) is 22.6 Å². The van der Waals surface area contributed by atoms with E-state index in [9.17, 15) is 30.0 Å². The molecule has 0 aliphatic carbocycles. The Balaban J connectivity index is 1.68. The Morgan fingerprint density at radius 2 is 1.86 bits per heavy atom. The number of anilines is 1. The topological polar surface area (TPSA) is 147 Å². The summed E-state index contributed by atoms with van der Waals surface area (Å²) >= 11 is 0. The van der Waals surface area contributed by atoms with Gasteiger partial charge < -0.3 is 9.73 Å². The maximum Gasteiger partial charge on any atom is 0.314 e. The van der Waals surface area contributed by atoms with Crippen molar-refractivity contribution in [1.29, 1.82) is 0 Å². The molecule has 36 heavy (non-hydrogen) atoms. The summed E-state index contributed by atoms with van der Waals surface area (Å²) < 4.78 is 99.4. The first-order valence-corrected chi connectivity index (χ1v) is 13.9. The van der Waals surface area contributed by atoms with Crippen LogP contribution in [0.4, 0.5) is 18.9 Å². The van der Waals surface area contributed by atoms with Crippen molar-refractivity contribution in [1.82, 2.24) is 24.8 Å². The van der Waals surface area contributed by atoms with E-state index in [2.05, 4.69) is 25.2 Å². The highest BCUT2D eigenvalue weighted by Gasteiger charge is 2.28. The number of nitrogens with zero attached hydrogens (tertiary/aromatic N) is 4. The molecule has 194 valence electrons. The standard InChI is InChI=1S/C20H21F3N6O5S2/c1-35(30,31)16-4-5-25-15(17(16)28-36(32,33)29-8-6-24-7-9-29)11-12-2-3-13(10-14(12)21)19-26-27-20(34-19)18(22)23/h2-5,10,18,24,28H,6-9,11H2,1H3. The van der Waals surface area contributed by atoms with E-state index in [0.717, 1.165) is 18.4 Å². The molecular weight excluding hydrogens is 525 g/mol. The van der Waals surface area contributed by atoms with Crippen LogP contribution in [-0.4, -0.2) is 68.8 Å². The van der Waals surface area contributed by atoms with Gasteiger partial charge in [0.25, 0.3) is 5.89 Å². The van der Waals surface area contributed by atoms with Gasteiger partial charge in [-0.15, -0.1) is 10.2 Å². The minimum Gasteiger partial charge on any atom is -0.415 e. The minimum atomic E-state index is -4.14. The summed E-state index contributed by atoms with van der Waals surface area (Å²) in [6.07, 6.45) is -1.15. The predicted molar refractivity (Wildman–Crippen MR) is 122 cm³/mol. The molecule has 1 fully saturated rings. The third kappa shape index (κ3) is 5.66. The van der Waals surface area contributed by atoms with Crippen molar-refractivity contribution in [3.05, 3.63) is 53.4 Å². The second-order valence-electron chi connectivity index (χ2n) is 7.89. The first-order valence-electron chi connectivity index (χ1n) is 10.5. The normalized spacial score (nSPS) is 15.4. The molecule has 1 aliphatic rings. The molecule has 0 atom stereocenters. The van der Waals surface area contributed by atoms with Crippen LogP contribution in [-0.2, 0) is 26.5 Å². The van der Waals surface area contributed by atoms with Gasteiger partial charge in [-0.05, 0) is 23.8 Å². The summed E-state index contributed by atoms with van der Waals surface area (Å²) in [5, 5.41) is 9.70. The van der Waals surface area contributed by atoms with E-state index in [0.29, 0.717) is 13.1 Å². The molecule has 0 radical (unpaired) electrons. The number of aromatic nitrogens is 3. The van der Waals surface area contributed by atoms with Gasteiger partial charge in [-0.25, -0.2) is 12.8 Å². The number of pyridine rings is 1. The molecule has 2 aromatic heterocycles. The third-order valence-corrected chi connectivity index (χ3v) is 7.97. The van der Waals surface area contributed by atoms with Crippen LogP contribution in [0.5, 0.6) is 0 Å². The Morgan fingerprint density at radius 3 is 2.47 bits per heavy atom. The van der Waals surface area contributed by atoms with Gasteiger partial charge in [0, 0.05) is 50.6 Å². The Hall–Kier alpha value is -3.08. The molecule has 0 bridgehead atoms. The summed E-state index contributed by atoms with van der Waals surface area (Å²) in [6.45, 7) is 1.21. The fourth-order valence-electron chi connectivity index (χ4n) is 3.56. The molecule has 0 unspecified atom stereocenters. The lowest BCUT2D eigenvalue weighted by molar-refractivity contribution is 0.116. The van der Waals surface area contributed by atoms with Crippen molar-refractivity contribution in [2.75, 3.05) is 37.2 Å². The predicted octanol–water partition coefficient (Wildman–Crippen LogP) is 1.76. The quantitative estimate of drug-likeness (QED) is 0.431. The minimum absolute atomic E-state index is 0.0268. The van der Waals surface area contributed by atoms with Crippen LogP contribution in [0.1, 0.15) is 23.6 Å². The zero-order chi connectivity index (χ0) is 26.1. The number of benzene rings is 1. The van der Waals surface area contributed by atoms with Gasteiger partial charge in [0.2, 0.25) is 5.89 Å². The van der Waals surface area contributed by atoms with Gasteiger partial charge in [0.1, 0.15) is 5.82 Å². The highest BCUT2D eigenvalue weighted by molar-refractivity contribution is 7.91. The van der Waals surface area contributed by atoms with Crippen LogP contribution in [0.25, 0.3) is 11.5 Å². The summed E-state index contributed by atoms with van der Waals surface area (Å²) in [4.78, 5) is 3.80. The van der Waals surface area contributed by atoms with Crippen molar-refractivity contribution < 1.29 is 34.4 Å². The molecule has 2 N–H and O–H groups in total. The highest BCUT2D eigenvalue weighted by Crippen LogP contribution is 2.30. The molecule has 1 aliphatic heterocycles. The number of hydrogen-bond acceptors (Lipinski definition) is 9. The Labute approximate surface area is 204 Å². The zero-order valence-electron chi connectivity index (χ0n) is 18.8. The average Bonchev–Trinajstić information content (AvgIpc) is 3.32. The second-order valence-corrected chi connectivity index (χ2v) is 11.5. The molecule has 3 heterocycles.